The van der Waals surface area contributed by atoms with Crippen LogP contribution in [0.5, 0.6) is 0 Å². The molecule has 1 aromatic carbocycles. The Labute approximate surface area is 112 Å². The minimum Gasteiger partial charge on any atom is -0.396 e. The number of amides is 1. The molecule has 0 fully saturated rings. The molecule has 5 heteroatoms. The molecular weight excluding hydrogens is 247 g/mol. The number of primary amides is 1. The summed E-state index contributed by atoms with van der Waals surface area (Å²) >= 11 is 0. The average molecular weight is 268 g/mol. The highest BCUT2D eigenvalue weighted by Crippen LogP contribution is 2.11. The van der Waals surface area contributed by atoms with Crippen LogP contribution in [0.15, 0.2) is 18.2 Å². The minimum atomic E-state index is -0.632. The average Bonchev–Trinajstić information content (AvgIpc) is 2.39. The van der Waals surface area contributed by atoms with Crippen molar-refractivity contribution in [2.45, 2.75) is 26.3 Å². The van der Waals surface area contributed by atoms with Crippen LogP contribution in [0.4, 0.5) is 4.39 Å². The fourth-order valence-electron chi connectivity index (χ4n) is 1.89. The number of aliphatic hydroxyl groups excluding tert-OH is 1. The summed E-state index contributed by atoms with van der Waals surface area (Å²) in [5, 5.41) is 12.0. The van der Waals surface area contributed by atoms with Crippen LogP contribution in [0, 0.1) is 11.7 Å². The summed E-state index contributed by atoms with van der Waals surface area (Å²) in [5.41, 5.74) is 5.76. The van der Waals surface area contributed by atoms with Gasteiger partial charge in [-0.3, -0.25) is 4.79 Å². The lowest BCUT2D eigenvalue weighted by molar-refractivity contribution is 0.1000. The first-order chi connectivity index (χ1) is 9.08. The quantitative estimate of drug-likeness (QED) is 0.667. The Kier molecular flexibility index (Phi) is 6.45. The van der Waals surface area contributed by atoms with Gasteiger partial charge in [-0.2, -0.15) is 0 Å². The van der Waals surface area contributed by atoms with E-state index in [0.29, 0.717) is 18.0 Å². The molecule has 19 heavy (non-hydrogen) atoms. The van der Waals surface area contributed by atoms with Crippen LogP contribution in [0.3, 0.4) is 0 Å². The number of hydrogen-bond acceptors (Lipinski definition) is 3. The van der Waals surface area contributed by atoms with Crippen LogP contribution in [-0.2, 0) is 6.54 Å². The van der Waals surface area contributed by atoms with Gasteiger partial charge in [-0.1, -0.05) is 19.4 Å². The van der Waals surface area contributed by atoms with Gasteiger partial charge in [0, 0.05) is 24.3 Å². The van der Waals surface area contributed by atoms with Crippen molar-refractivity contribution in [1.29, 1.82) is 0 Å². The summed E-state index contributed by atoms with van der Waals surface area (Å²) in [6.45, 7) is 3.35. The van der Waals surface area contributed by atoms with E-state index >= 15 is 0 Å². The molecule has 0 spiro atoms. The van der Waals surface area contributed by atoms with Crippen molar-refractivity contribution in [2.75, 3.05) is 13.2 Å². The Morgan fingerprint density at radius 2 is 2.26 bits per heavy atom. The monoisotopic (exact) mass is 268 g/mol. The predicted octanol–water partition coefficient (Wildman–Crippen LogP) is 1.42. The largest absolute Gasteiger partial charge is 0.396 e. The van der Waals surface area contributed by atoms with Gasteiger partial charge in [0.25, 0.3) is 0 Å². The molecule has 0 aliphatic carbocycles. The molecule has 1 atom stereocenters. The van der Waals surface area contributed by atoms with Gasteiger partial charge in [-0.25, -0.2) is 4.39 Å². The number of rotatable bonds is 8. The highest BCUT2D eigenvalue weighted by Gasteiger charge is 2.08. The van der Waals surface area contributed by atoms with E-state index in [1.807, 2.05) is 0 Å². The zero-order valence-electron chi connectivity index (χ0n) is 11.2. The van der Waals surface area contributed by atoms with Crippen molar-refractivity contribution in [3.8, 4) is 0 Å². The second-order valence-electron chi connectivity index (χ2n) is 4.59. The SMILES string of the molecule is CCC(CCO)CNCc1ccc(C(N)=O)cc1F. The molecule has 0 heterocycles. The zero-order chi connectivity index (χ0) is 14.3. The summed E-state index contributed by atoms with van der Waals surface area (Å²) in [7, 11) is 0. The Hall–Kier alpha value is -1.46. The van der Waals surface area contributed by atoms with Crippen molar-refractivity contribution in [3.05, 3.63) is 35.1 Å². The number of halogens is 1. The predicted molar refractivity (Wildman–Crippen MR) is 72.1 cm³/mol. The second-order valence-corrected chi connectivity index (χ2v) is 4.59. The Bertz CT molecular complexity index is 424. The topological polar surface area (TPSA) is 75.3 Å². The highest BCUT2D eigenvalue weighted by molar-refractivity contribution is 5.92. The van der Waals surface area contributed by atoms with E-state index in [2.05, 4.69) is 12.2 Å². The van der Waals surface area contributed by atoms with Gasteiger partial charge in [0.05, 0.1) is 0 Å². The lowest BCUT2D eigenvalue weighted by atomic mass is 10.0. The standard InChI is InChI=1S/C14H21FN2O2/c1-2-10(5-6-18)8-17-9-12-4-3-11(14(16)19)7-13(12)15/h3-4,7,10,17-18H,2,5-6,8-9H2,1H3,(H2,16,19). The molecule has 0 aliphatic rings. The molecule has 0 bridgehead atoms. The Morgan fingerprint density at radius 1 is 1.53 bits per heavy atom. The smallest absolute Gasteiger partial charge is 0.248 e. The van der Waals surface area contributed by atoms with Gasteiger partial charge in [0.1, 0.15) is 5.82 Å². The van der Waals surface area contributed by atoms with E-state index in [9.17, 15) is 9.18 Å². The third-order valence-corrected chi connectivity index (χ3v) is 3.20. The maximum atomic E-state index is 13.7. The van der Waals surface area contributed by atoms with Crippen LogP contribution in [0.1, 0.15) is 35.7 Å². The fraction of sp³-hybridized carbons (Fsp3) is 0.500. The summed E-state index contributed by atoms with van der Waals surface area (Å²) in [6, 6.07) is 4.24. The van der Waals surface area contributed by atoms with Crippen molar-refractivity contribution in [1.82, 2.24) is 5.32 Å². The number of carbonyl (C=O) groups excluding carboxylic acids is 1. The lowest BCUT2D eigenvalue weighted by Crippen LogP contribution is -2.23. The molecule has 0 aromatic heterocycles. The van der Waals surface area contributed by atoms with Gasteiger partial charge in [-0.05, 0) is 31.0 Å². The normalized spacial score (nSPS) is 12.4. The third kappa shape index (κ3) is 4.96. The lowest BCUT2D eigenvalue weighted by Gasteiger charge is -2.14. The maximum Gasteiger partial charge on any atom is 0.248 e. The molecule has 1 aromatic rings. The van der Waals surface area contributed by atoms with E-state index in [1.165, 1.54) is 6.07 Å². The Morgan fingerprint density at radius 3 is 2.79 bits per heavy atom. The molecule has 0 radical (unpaired) electrons. The van der Waals surface area contributed by atoms with E-state index in [1.54, 1.807) is 6.07 Å². The van der Waals surface area contributed by atoms with Crippen LogP contribution in [-0.4, -0.2) is 24.2 Å². The van der Waals surface area contributed by atoms with Gasteiger partial charge < -0.3 is 16.2 Å². The summed E-state index contributed by atoms with van der Waals surface area (Å²) < 4.78 is 13.7. The molecule has 0 saturated carbocycles. The first-order valence-electron chi connectivity index (χ1n) is 6.48. The van der Waals surface area contributed by atoms with Gasteiger partial charge in [-0.15, -0.1) is 0 Å². The number of nitrogens with one attached hydrogen (secondary N) is 1. The molecule has 1 unspecified atom stereocenters. The van der Waals surface area contributed by atoms with E-state index in [4.69, 9.17) is 10.8 Å². The summed E-state index contributed by atoms with van der Waals surface area (Å²) in [5.74, 6) is -0.677. The van der Waals surface area contributed by atoms with E-state index in [0.717, 1.165) is 25.5 Å². The molecule has 1 amide bonds. The fourth-order valence-corrected chi connectivity index (χ4v) is 1.89. The van der Waals surface area contributed by atoms with E-state index < -0.39 is 11.7 Å². The van der Waals surface area contributed by atoms with Crippen molar-refractivity contribution >= 4 is 5.91 Å². The summed E-state index contributed by atoms with van der Waals surface area (Å²) in [6.07, 6.45) is 1.71. The maximum absolute atomic E-state index is 13.7. The molecule has 0 aliphatic heterocycles. The molecule has 4 nitrogen and oxygen atoms in total. The van der Waals surface area contributed by atoms with Crippen molar-refractivity contribution < 1.29 is 14.3 Å². The van der Waals surface area contributed by atoms with Gasteiger partial charge >= 0.3 is 0 Å². The first-order valence-corrected chi connectivity index (χ1v) is 6.48. The number of benzene rings is 1. The van der Waals surface area contributed by atoms with Crippen LogP contribution in [0.25, 0.3) is 0 Å². The number of carbonyl (C=O) groups is 1. The summed E-state index contributed by atoms with van der Waals surface area (Å²) in [4.78, 5) is 10.9. The van der Waals surface area contributed by atoms with Crippen LogP contribution < -0.4 is 11.1 Å². The number of nitrogens with two attached hydrogens (primary N) is 1. The third-order valence-electron chi connectivity index (χ3n) is 3.20. The molecular formula is C14H21FN2O2. The first kappa shape index (κ1) is 15.6. The van der Waals surface area contributed by atoms with Crippen molar-refractivity contribution in [3.63, 3.8) is 0 Å². The second kappa shape index (κ2) is 7.86. The molecule has 106 valence electrons. The van der Waals surface area contributed by atoms with Gasteiger partial charge in [0.2, 0.25) is 5.91 Å². The number of aliphatic hydroxyl groups is 1. The number of hydrogen-bond donors (Lipinski definition) is 3. The van der Waals surface area contributed by atoms with Crippen LogP contribution >= 0.6 is 0 Å². The van der Waals surface area contributed by atoms with Gasteiger partial charge in [0.15, 0.2) is 0 Å². The van der Waals surface area contributed by atoms with E-state index in [-0.39, 0.29) is 12.2 Å². The van der Waals surface area contributed by atoms with Crippen LogP contribution in [0.2, 0.25) is 0 Å². The minimum absolute atomic E-state index is 0.169. The molecule has 1 rings (SSSR count). The molecule has 0 saturated heterocycles. The van der Waals surface area contributed by atoms with Crippen molar-refractivity contribution in [2.24, 2.45) is 11.7 Å². The highest BCUT2D eigenvalue weighted by atomic mass is 19.1. The molecule has 4 N–H and O–H groups in total. The Balaban J connectivity index is 2.51. The zero-order valence-corrected chi connectivity index (χ0v) is 11.2.